The lowest BCUT2D eigenvalue weighted by Gasteiger charge is -2.11. The summed E-state index contributed by atoms with van der Waals surface area (Å²) in [6.07, 6.45) is 0. The van der Waals surface area contributed by atoms with Crippen molar-refractivity contribution in [2.45, 2.75) is 6.92 Å². The number of ether oxygens (including phenoxy) is 2. The van der Waals surface area contributed by atoms with Crippen molar-refractivity contribution in [2.24, 2.45) is 0 Å². The van der Waals surface area contributed by atoms with Gasteiger partial charge >= 0.3 is 0 Å². The van der Waals surface area contributed by atoms with Crippen molar-refractivity contribution in [3.8, 4) is 11.5 Å². The fraction of sp³-hybridized carbons (Fsp3) is 0.200. The minimum atomic E-state index is 0.616. The molecule has 0 radical (unpaired) electrons. The summed E-state index contributed by atoms with van der Waals surface area (Å²) < 4.78 is 10.6. The van der Waals surface area contributed by atoms with Gasteiger partial charge in [-0.15, -0.1) is 0 Å². The normalized spacial score (nSPS) is 10.0. The first-order chi connectivity index (χ1) is 9.21. The van der Waals surface area contributed by atoms with E-state index >= 15 is 0 Å². The third kappa shape index (κ3) is 3.55. The van der Waals surface area contributed by atoms with Gasteiger partial charge in [0.15, 0.2) is 0 Å². The number of hydrogen-bond acceptors (Lipinski definition) is 4. The summed E-state index contributed by atoms with van der Waals surface area (Å²) in [6.45, 7) is 2.56. The molecule has 4 nitrogen and oxygen atoms in total. The van der Waals surface area contributed by atoms with E-state index < -0.39 is 0 Å². The van der Waals surface area contributed by atoms with Crippen molar-refractivity contribution in [3.05, 3.63) is 42.5 Å². The number of hydrogen-bond donors (Lipinski definition) is 2. The predicted molar refractivity (Wildman–Crippen MR) is 78.3 cm³/mol. The van der Waals surface area contributed by atoms with Crippen LogP contribution in [0.4, 0.5) is 17.1 Å². The minimum absolute atomic E-state index is 0.616. The van der Waals surface area contributed by atoms with E-state index in [1.54, 1.807) is 7.11 Å². The summed E-state index contributed by atoms with van der Waals surface area (Å²) in [4.78, 5) is 0. The number of nitrogens with one attached hydrogen (secondary N) is 1. The average Bonchev–Trinajstić information content (AvgIpc) is 2.39. The molecule has 100 valence electrons. The Morgan fingerprint density at radius 1 is 1.00 bits per heavy atom. The summed E-state index contributed by atoms with van der Waals surface area (Å²) in [5, 5.41) is 3.28. The van der Waals surface area contributed by atoms with Gasteiger partial charge in [-0.3, -0.25) is 0 Å². The van der Waals surface area contributed by atoms with E-state index in [1.807, 2.05) is 49.4 Å². The van der Waals surface area contributed by atoms with Gasteiger partial charge in [0.2, 0.25) is 0 Å². The molecule has 2 aromatic rings. The predicted octanol–water partition coefficient (Wildman–Crippen LogP) is 3.42. The van der Waals surface area contributed by atoms with Crippen LogP contribution in [0.3, 0.4) is 0 Å². The van der Waals surface area contributed by atoms with Crippen LogP contribution in [-0.4, -0.2) is 13.7 Å². The van der Waals surface area contributed by atoms with Crippen molar-refractivity contribution < 1.29 is 9.47 Å². The summed E-state index contributed by atoms with van der Waals surface area (Å²) in [6, 6.07) is 13.3. The standard InChI is InChI=1S/C15H18N2O2/c1-3-19-15-9-11(16)8-13(10-15)17-12-4-6-14(18-2)7-5-12/h4-10,17H,3,16H2,1-2H3. The molecule has 0 aliphatic heterocycles. The molecular weight excluding hydrogens is 240 g/mol. The highest BCUT2D eigenvalue weighted by molar-refractivity contribution is 5.66. The molecule has 0 fully saturated rings. The third-order valence-electron chi connectivity index (χ3n) is 2.62. The second-order valence-corrected chi connectivity index (χ2v) is 4.08. The lowest BCUT2D eigenvalue weighted by molar-refractivity contribution is 0.340. The van der Waals surface area contributed by atoms with Crippen LogP contribution in [0, 0.1) is 0 Å². The first kappa shape index (κ1) is 13.1. The van der Waals surface area contributed by atoms with Gasteiger partial charge < -0.3 is 20.5 Å². The summed E-state index contributed by atoms with van der Waals surface area (Å²) in [5.41, 5.74) is 8.38. The number of methoxy groups -OCH3 is 1. The smallest absolute Gasteiger partial charge is 0.123 e. The molecule has 0 atom stereocenters. The van der Waals surface area contributed by atoms with Gasteiger partial charge in [0.05, 0.1) is 13.7 Å². The van der Waals surface area contributed by atoms with Crippen LogP contribution in [0.5, 0.6) is 11.5 Å². The lowest BCUT2D eigenvalue weighted by Crippen LogP contribution is -1.97. The van der Waals surface area contributed by atoms with Crippen LogP contribution in [0.1, 0.15) is 6.92 Å². The van der Waals surface area contributed by atoms with Crippen molar-refractivity contribution >= 4 is 17.1 Å². The van der Waals surface area contributed by atoms with E-state index in [9.17, 15) is 0 Å². The molecule has 0 aliphatic rings. The molecule has 4 heteroatoms. The molecular formula is C15H18N2O2. The fourth-order valence-corrected chi connectivity index (χ4v) is 1.79. The molecule has 19 heavy (non-hydrogen) atoms. The quantitative estimate of drug-likeness (QED) is 0.807. The van der Waals surface area contributed by atoms with Gasteiger partial charge in [-0.1, -0.05) is 0 Å². The van der Waals surface area contributed by atoms with Crippen LogP contribution in [-0.2, 0) is 0 Å². The highest BCUT2D eigenvalue weighted by Crippen LogP contribution is 2.26. The highest BCUT2D eigenvalue weighted by atomic mass is 16.5. The van der Waals surface area contributed by atoms with Crippen LogP contribution in [0.2, 0.25) is 0 Å². The number of benzene rings is 2. The van der Waals surface area contributed by atoms with Gasteiger partial charge in [-0.25, -0.2) is 0 Å². The van der Waals surface area contributed by atoms with Gasteiger partial charge in [0.1, 0.15) is 11.5 Å². The monoisotopic (exact) mass is 258 g/mol. The summed E-state index contributed by atoms with van der Waals surface area (Å²) in [5.74, 6) is 1.59. The molecule has 0 heterocycles. The Kier molecular flexibility index (Phi) is 4.13. The average molecular weight is 258 g/mol. The first-order valence-electron chi connectivity index (χ1n) is 6.15. The van der Waals surface area contributed by atoms with Crippen LogP contribution < -0.4 is 20.5 Å². The summed E-state index contributed by atoms with van der Waals surface area (Å²) >= 11 is 0. The van der Waals surface area contributed by atoms with Crippen molar-refractivity contribution in [3.63, 3.8) is 0 Å². The van der Waals surface area contributed by atoms with E-state index in [4.69, 9.17) is 15.2 Å². The van der Waals surface area contributed by atoms with E-state index in [-0.39, 0.29) is 0 Å². The summed E-state index contributed by atoms with van der Waals surface area (Å²) in [7, 11) is 1.65. The maximum atomic E-state index is 5.85. The first-order valence-corrected chi connectivity index (χ1v) is 6.15. The van der Waals surface area contributed by atoms with Crippen LogP contribution >= 0.6 is 0 Å². The number of nitrogens with two attached hydrogens (primary N) is 1. The Labute approximate surface area is 113 Å². The lowest BCUT2D eigenvalue weighted by atomic mass is 10.2. The molecule has 0 spiro atoms. The van der Waals surface area contributed by atoms with Crippen LogP contribution in [0.25, 0.3) is 0 Å². The topological polar surface area (TPSA) is 56.5 Å². The second-order valence-electron chi connectivity index (χ2n) is 4.08. The van der Waals surface area contributed by atoms with Crippen molar-refractivity contribution in [1.82, 2.24) is 0 Å². The SMILES string of the molecule is CCOc1cc(N)cc(Nc2ccc(OC)cc2)c1. The maximum absolute atomic E-state index is 5.85. The maximum Gasteiger partial charge on any atom is 0.123 e. The van der Waals surface area contributed by atoms with E-state index in [0.29, 0.717) is 12.3 Å². The minimum Gasteiger partial charge on any atom is -0.497 e. The van der Waals surface area contributed by atoms with E-state index in [0.717, 1.165) is 22.9 Å². The largest absolute Gasteiger partial charge is 0.497 e. The second kappa shape index (κ2) is 6.00. The molecule has 0 saturated heterocycles. The molecule has 0 amide bonds. The molecule has 0 bridgehead atoms. The van der Waals surface area contributed by atoms with Gasteiger partial charge in [-0.2, -0.15) is 0 Å². The van der Waals surface area contributed by atoms with Gasteiger partial charge in [0.25, 0.3) is 0 Å². The molecule has 2 rings (SSSR count). The Hall–Kier alpha value is -2.36. The molecule has 0 aromatic heterocycles. The van der Waals surface area contributed by atoms with Gasteiger partial charge in [-0.05, 0) is 37.3 Å². The Balaban J connectivity index is 2.17. The number of anilines is 3. The number of nitrogen functional groups attached to an aromatic ring is 1. The molecule has 3 N–H and O–H groups in total. The van der Waals surface area contributed by atoms with Crippen LogP contribution in [0.15, 0.2) is 42.5 Å². The van der Waals surface area contributed by atoms with E-state index in [2.05, 4.69) is 5.32 Å². The van der Waals surface area contributed by atoms with Crippen molar-refractivity contribution in [1.29, 1.82) is 0 Å². The van der Waals surface area contributed by atoms with Gasteiger partial charge in [0, 0.05) is 29.2 Å². The Morgan fingerprint density at radius 3 is 2.37 bits per heavy atom. The zero-order valence-electron chi connectivity index (χ0n) is 11.1. The Morgan fingerprint density at radius 2 is 1.74 bits per heavy atom. The number of rotatable bonds is 5. The fourth-order valence-electron chi connectivity index (χ4n) is 1.79. The molecule has 0 unspecified atom stereocenters. The van der Waals surface area contributed by atoms with E-state index in [1.165, 1.54) is 0 Å². The molecule has 0 aliphatic carbocycles. The molecule has 2 aromatic carbocycles. The highest BCUT2D eigenvalue weighted by Gasteiger charge is 2.01. The zero-order valence-corrected chi connectivity index (χ0v) is 11.1. The zero-order chi connectivity index (χ0) is 13.7. The molecule has 0 saturated carbocycles. The van der Waals surface area contributed by atoms with Crippen molar-refractivity contribution in [2.75, 3.05) is 24.8 Å². The third-order valence-corrected chi connectivity index (χ3v) is 2.62. The Bertz CT molecular complexity index is 538.